The van der Waals surface area contributed by atoms with Gasteiger partial charge in [-0.2, -0.15) is 0 Å². The highest BCUT2D eigenvalue weighted by atomic mass is 79.9. The molecule has 0 unspecified atom stereocenters. The minimum Gasteiger partial charge on any atom is -0.0654 e. The van der Waals surface area contributed by atoms with Crippen molar-refractivity contribution in [1.82, 2.24) is 0 Å². The lowest BCUT2D eigenvalue weighted by molar-refractivity contribution is 0.421. The van der Waals surface area contributed by atoms with Crippen LogP contribution in [0.3, 0.4) is 0 Å². The summed E-state index contributed by atoms with van der Waals surface area (Å²) in [6, 6.07) is 6.89. The number of benzene rings is 1. The fourth-order valence-corrected chi connectivity index (χ4v) is 4.81. The molecule has 1 aromatic carbocycles. The van der Waals surface area contributed by atoms with Gasteiger partial charge >= 0.3 is 0 Å². The van der Waals surface area contributed by atoms with Gasteiger partial charge in [0.1, 0.15) is 0 Å². The zero-order chi connectivity index (χ0) is 14.8. The summed E-state index contributed by atoms with van der Waals surface area (Å²) in [5, 5.41) is 0. The molecule has 1 aliphatic carbocycles. The number of allylic oxidation sites excluding steroid dienone is 1. The summed E-state index contributed by atoms with van der Waals surface area (Å²) in [4.78, 5) is 0. The van der Waals surface area contributed by atoms with Gasteiger partial charge < -0.3 is 0 Å². The molecule has 0 N–H and O–H groups in total. The lowest BCUT2D eigenvalue weighted by Gasteiger charge is -2.32. The highest BCUT2D eigenvalue weighted by Gasteiger charge is 2.42. The van der Waals surface area contributed by atoms with E-state index < -0.39 is 0 Å². The number of hydrogen-bond donors (Lipinski definition) is 0. The first-order valence-corrected chi connectivity index (χ1v) is 9.32. The molecular weight excluding hydrogens is 376 g/mol. The van der Waals surface area contributed by atoms with Crippen LogP contribution in [0.5, 0.6) is 0 Å². The molecule has 0 spiro atoms. The molecule has 0 heterocycles. The van der Waals surface area contributed by atoms with Gasteiger partial charge in [0.25, 0.3) is 0 Å². The van der Waals surface area contributed by atoms with Crippen LogP contribution in [-0.4, -0.2) is 0 Å². The predicted molar refractivity (Wildman–Crippen MR) is 96.7 cm³/mol. The van der Waals surface area contributed by atoms with E-state index in [1.807, 2.05) is 0 Å². The van der Waals surface area contributed by atoms with Gasteiger partial charge in [0.2, 0.25) is 0 Å². The minimum absolute atomic E-state index is 0.201. The number of fused-ring (bicyclic) bond motifs is 1. The zero-order valence-corrected chi connectivity index (χ0v) is 15.9. The molecule has 1 aromatic rings. The van der Waals surface area contributed by atoms with Crippen molar-refractivity contribution in [3.63, 3.8) is 0 Å². The Kier molecular flexibility index (Phi) is 5.53. The Labute approximate surface area is 140 Å². The summed E-state index contributed by atoms with van der Waals surface area (Å²) >= 11 is 7.75. The van der Waals surface area contributed by atoms with Crippen molar-refractivity contribution in [2.75, 3.05) is 0 Å². The van der Waals surface area contributed by atoms with E-state index in [-0.39, 0.29) is 5.41 Å². The standard InChI is InChI=1S/C18H24Br2/c1-4-6-10-18(11-7-5-2)15-12-13(3)8-9-14(15)16(19)17(18)20/h8-9,12H,4-7,10-11H2,1-3H3. The Hall–Kier alpha value is -0.0800. The highest BCUT2D eigenvalue weighted by Crippen LogP contribution is 2.56. The summed E-state index contributed by atoms with van der Waals surface area (Å²) in [7, 11) is 0. The molecule has 0 fully saturated rings. The average Bonchev–Trinajstić information content (AvgIpc) is 2.65. The first-order chi connectivity index (χ1) is 9.56. The van der Waals surface area contributed by atoms with Gasteiger partial charge in [0, 0.05) is 14.4 Å². The van der Waals surface area contributed by atoms with Crippen molar-refractivity contribution in [1.29, 1.82) is 0 Å². The maximum absolute atomic E-state index is 3.93. The van der Waals surface area contributed by atoms with Gasteiger partial charge in [-0.05, 0) is 46.8 Å². The molecule has 0 bridgehead atoms. The van der Waals surface area contributed by atoms with E-state index in [2.05, 4.69) is 70.8 Å². The van der Waals surface area contributed by atoms with Crippen molar-refractivity contribution < 1.29 is 0 Å². The molecule has 0 saturated heterocycles. The molecule has 0 aromatic heterocycles. The van der Waals surface area contributed by atoms with Gasteiger partial charge in [-0.15, -0.1) is 0 Å². The summed E-state index contributed by atoms with van der Waals surface area (Å²) in [6.07, 6.45) is 7.57. The molecule has 0 radical (unpaired) electrons. The van der Waals surface area contributed by atoms with Crippen molar-refractivity contribution in [3.05, 3.63) is 39.4 Å². The summed E-state index contributed by atoms with van der Waals surface area (Å²) in [5.41, 5.74) is 4.48. The molecule has 110 valence electrons. The second-order valence-corrected chi connectivity index (χ2v) is 7.55. The Morgan fingerprint density at radius 2 is 1.60 bits per heavy atom. The van der Waals surface area contributed by atoms with Crippen molar-refractivity contribution >= 4 is 36.3 Å². The maximum Gasteiger partial charge on any atom is 0.0361 e. The van der Waals surface area contributed by atoms with E-state index >= 15 is 0 Å². The zero-order valence-electron chi connectivity index (χ0n) is 12.7. The minimum atomic E-state index is 0.201. The summed E-state index contributed by atoms with van der Waals surface area (Å²) < 4.78 is 2.63. The molecule has 2 rings (SSSR count). The first-order valence-electron chi connectivity index (χ1n) is 7.74. The fourth-order valence-electron chi connectivity index (χ4n) is 3.26. The number of halogens is 2. The van der Waals surface area contributed by atoms with Gasteiger partial charge in [0.15, 0.2) is 0 Å². The van der Waals surface area contributed by atoms with Gasteiger partial charge in [-0.3, -0.25) is 0 Å². The normalized spacial score (nSPS) is 16.6. The Morgan fingerprint density at radius 3 is 2.15 bits per heavy atom. The van der Waals surface area contributed by atoms with Crippen LogP contribution in [0.25, 0.3) is 4.48 Å². The van der Waals surface area contributed by atoms with Crippen LogP contribution in [0.2, 0.25) is 0 Å². The van der Waals surface area contributed by atoms with Crippen LogP contribution in [0.4, 0.5) is 0 Å². The third-order valence-corrected chi connectivity index (χ3v) is 6.97. The smallest absolute Gasteiger partial charge is 0.0361 e. The molecule has 0 nitrogen and oxygen atoms in total. The van der Waals surface area contributed by atoms with Crippen LogP contribution in [-0.2, 0) is 5.41 Å². The fraction of sp³-hybridized carbons (Fsp3) is 0.556. The topological polar surface area (TPSA) is 0 Å². The van der Waals surface area contributed by atoms with E-state index in [1.165, 1.54) is 64.2 Å². The lowest BCUT2D eigenvalue weighted by Crippen LogP contribution is -2.25. The van der Waals surface area contributed by atoms with E-state index in [0.29, 0.717) is 0 Å². The molecular formula is C18H24Br2. The first kappa shape index (κ1) is 16.3. The van der Waals surface area contributed by atoms with Crippen LogP contribution in [0, 0.1) is 6.92 Å². The van der Waals surface area contributed by atoms with E-state index in [9.17, 15) is 0 Å². The molecule has 2 heteroatoms. The number of unbranched alkanes of at least 4 members (excludes halogenated alkanes) is 2. The third kappa shape index (κ3) is 2.78. The van der Waals surface area contributed by atoms with Crippen LogP contribution < -0.4 is 0 Å². The Bertz CT molecular complexity index is 506. The summed E-state index contributed by atoms with van der Waals surface area (Å²) in [5.74, 6) is 0. The number of rotatable bonds is 6. The molecule has 1 aliphatic rings. The van der Waals surface area contributed by atoms with Crippen molar-refractivity contribution in [2.24, 2.45) is 0 Å². The maximum atomic E-state index is 3.93. The monoisotopic (exact) mass is 398 g/mol. The summed E-state index contributed by atoms with van der Waals surface area (Å²) in [6.45, 7) is 6.77. The van der Waals surface area contributed by atoms with E-state index in [0.717, 1.165) is 0 Å². The SMILES string of the molecule is CCCCC1(CCCC)C(Br)=C(Br)c2ccc(C)cc21. The largest absolute Gasteiger partial charge is 0.0654 e. The molecule has 0 saturated carbocycles. The highest BCUT2D eigenvalue weighted by molar-refractivity contribution is 9.16. The van der Waals surface area contributed by atoms with Crippen LogP contribution in [0.15, 0.2) is 22.7 Å². The van der Waals surface area contributed by atoms with Gasteiger partial charge in [-0.1, -0.05) is 79.2 Å². The van der Waals surface area contributed by atoms with Crippen LogP contribution in [0.1, 0.15) is 69.1 Å². The van der Waals surface area contributed by atoms with Gasteiger partial charge in [0.05, 0.1) is 0 Å². The Balaban J connectivity index is 2.52. The van der Waals surface area contributed by atoms with E-state index in [1.54, 1.807) is 0 Å². The molecule has 20 heavy (non-hydrogen) atoms. The lowest BCUT2D eigenvalue weighted by atomic mass is 9.74. The second-order valence-electron chi connectivity index (χ2n) is 5.97. The second kappa shape index (κ2) is 6.79. The van der Waals surface area contributed by atoms with Crippen LogP contribution >= 0.6 is 31.9 Å². The number of hydrogen-bond acceptors (Lipinski definition) is 0. The third-order valence-electron chi connectivity index (χ3n) is 4.45. The molecule has 0 aliphatic heterocycles. The van der Waals surface area contributed by atoms with Gasteiger partial charge in [-0.25, -0.2) is 0 Å². The van der Waals surface area contributed by atoms with Crippen molar-refractivity contribution in [2.45, 2.75) is 64.7 Å². The Morgan fingerprint density at radius 1 is 1.00 bits per heavy atom. The quantitative estimate of drug-likeness (QED) is 0.479. The predicted octanol–water partition coefficient (Wildman–Crippen LogP) is 7.09. The van der Waals surface area contributed by atoms with E-state index in [4.69, 9.17) is 0 Å². The average molecular weight is 400 g/mol. The molecule has 0 amide bonds. The number of aryl methyl sites for hydroxylation is 1. The van der Waals surface area contributed by atoms with Crippen molar-refractivity contribution in [3.8, 4) is 0 Å². The molecule has 0 atom stereocenters.